The summed E-state index contributed by atoms with van der Waals surface area (Å²) in [5.74, 6) is 0.615. The van der Waals surface area contributed by atoms with E-state index >= 15 is 0 Å². The van der Waals surface area contributed by atoms with Gasteiger partial charge < -0.3 is 17.1 Å². The fraction of sp³-hybridized carbons (Fsp3) is 0.375. The van der Waals surface area contributed by atoms with Crippen molar-refractivity contribution in [3.63, 3.8) is 0 Å². The lowest BCUT2D eigenvalue weighted by Crippen LogP contribution is -3.00. The van der Waals surface area contributed by atoms with Gasteiger partial charge in [-0.3, -0.25) is 0 Å². The van der Waals surface area contributed by atoms with Crippen molar-refractivity contribution in [3.05, 3.63) is 35.7 Å². The zero-order valence-electron chi connectivity index (χ0n) is 13.0. The van der Waals surface area contributed by atoms with E-state index in [0.717, 1.165) is 41.9 Å². The molecule has 0 radical (unpaired) electrons. The van der Waals surface area contributed by atoms with E-state index in [1.165, 1.54) is 7.11 Å². The van der Waals surface area contributed by atoms with Gasteiger partial charge in [-0.05, 0) is 25.5 Å². The average molecular weight is 322 g/mol. The Kier molecular flexibility index (Phi) is 4.76. The maximum Gasteiger partial charge on any atom is 0.374 e. The van der Waals surface area contributed by atoms with Crippen molar-refractivity contribution < 1.29 is 26.5 Å². The summed E-state index contributed by atoms with van der Waals surface area (Å²) in [7, 11) is 1.41. The summed E-state index contributed by atoms with van der Waals surface area (Å²) in [6.07, 6.45) is 2.22. The summed E-state index contributed by atoms with van der Waals surface area (Å²) in [5.41, 5.74) is 3.54. The summed E-state index contributed by atoms with van der Waals surface area (Å²) in [5, 5.41) is 0. The Bertz CT molecular complexity index is 820. The van der Waals surface area contributed by atoms with Gasteiger partial charge in [-0.2, -0.15) is 4.40 Å². The van der Waals surface area contributed by atoms with E-state index in [0.29, 0.717) is 5.69 Å². The van der Waals surface area contributed by atoms with Crippen LogP contribution in [0.15, 0.2) is 24.3 Å². The first-order valence-corrected chi connectivity index (χ1v) is 7.29. The van der Waals surface area contributed by atoms with Crippen LogP contribution >= 0.6 is 0 Å². The molecule has 0 fully saturated rings. The lowest BCUT2D eigenvalue weighted by Gasteiger charge is -1.97. The largest absolute Gasteiger partial charge is 1.00 e. The van der Waals surface area contributed by atoms with Gasteiger partial charge in [0.15, 0.2) is 0 Å². The Labute approximate surface area is 135 Å². The minimum absolute atomic E-state index is 0. The Hall–Kier alpha value is -2.01. The number of aryl methyl sites for hydroxylation is 2. The molecule has 0 aliphatic carbocycles. The van der Waals surface area contributed by atoms with Gasteiger partial charge in [-0.15, -0.1) is 0 Å². The zero-order valence-corrected chi connectivity index (χ0v) is 13.8. The predicted molar refractivity (Wildman–Crippen MR) is 80.4 cm³/mol. The van der Waals surface area contributed by atoms with Crippen LogP contribution in [0.2, 0.25) is 0 Å². The van der Waals surface area contributed by atoms with Gasteiger partial charge in [-0.1, -0.05) is 25.5 Å². The van der Waals surface area contributed by atoms with Crippen molar-refractivity contribution in [1.29, 1.82) is 0 Å². The molecule has 6 heteroatoms. The van der Waals surface area contributed by atoms with E-state index in [2.05, 4.69) is 22.5 Å². The van der Waals surface area contributed by atoms with Crippen molar-refractivity contribution in [2.24, 2.45) is 0 Å². The number of fused-ring (bicyclic) bond motifs is 3. The highest BCUT2D eigenvalue weighted by Gasteiger charge is 2.28. The number of carbonyl (C=O) groups is 1. The molecule has 3 aromatic rings. The quantitative estimate of drug-likeness (QED) is 0.525. The van der Waals surface area contributed by atoms with E-state index in [1.54, 1.807) is 0 Å². The number of H-pyrrole nitrogens is 1. The number of ether oxygens (including phenoxy) is 1. The molecule has 0 saturated heterocycles. The molecule has 0 saturated carbocycles. The smallest absolute Gasteiger partial charge is 0.374 e. The first kappa shape index (κ1) is 16.4. The predicted octanol–water partition coefficient (Wildman–Crippen LogP) is -0.393. The second-order valence-electron chi connectivity index (χ2n) is 5.24. The SMILES string of the molecule is CCCC[n+]1c2ccccc2n2c(C(=O)OC)c(C)[nH]c21.[Cl-]. The van der Waals surface area contributed by atoms with E-state index < -0.39 is 0 Å². The van der Waals surface area contributed by atoms with Crippen LogP contribution in [0.1, 0.15) is 35.9 Å². The van der Waals surface area contributed by atoms with Crippen molar-refractivity contribution in [2.75, 3.05) is 7.11 Å². The number of rotatable bonds is 4. The first-order chi connectivity index (χ1) is 10.2. The van der Waals surface area contributed by atoms with Crippen LogP contribution in [0.3, 0.4) is 0 Å². The number of carbonyl (C=O) groups excluding carboxylic acids is 1. The van der Waals surface area contributed by atoms with Gasteiger partial charge in [0.2, 0.25) is 5.69 Å². The van der Waals surface area contributed by atoms with E-state index in [9.17, 15) is 4.79 Å². The Morgan fingerprint density at radius 1 is 1.36 bits per heavy atom. The minimum atomic E-state index is -0.317. The van der Waals surface area contributed by atoms with Gasteiger partial charge >= 0.3 is 11.7 Å². The second-order valence-corrected chi connectivity index (χ2v) is 5.24. The van der Waals surface area contributed by atoms with E-state index in [-0.39, 0.29) is 18.4 Å². The number of nitrogens with zero attached hydrogens (tertiary/aromatic N) is 2. The Morgan fingerprint density at radius 3 is 2.77 bits per heavy atom. The number of hydrogen-bond donors (Lipinski definition) is 1. The molecule has 2 aromatic heterocycles. The fourth-order valence-corrected chi connectivity index (χ4v) is 2.86. The number of esters is 1. The fourth-order valence-electron chi connectivity index (χ4n) is 2.86. The van der Waals surface area contributed by atoms with E-state index in [4.69, 9.17) is 4.74 Å². The lowest BCUT2D eigenvalue weighted by molar-refractivity contribution is -0.648. The van der Waals surface area contributed by atoms with Gasteiger partial charge in [0, 0.05) is 0 Å². The highest BCUT2D eigenvalue weighted by Crippen LogP contribution is 2.20. The third kappa shape index (κ3) is 2.35. The maximum atomic E-state index is 12.1. The number of nitrogens with one attached hydrogen (secondary N) is 1. The molecule has 2 heterocycles. The molecule has 0 aliphatic rings. The monoisotopic (exact) mass is 321 g/mol. The minimum Gasteiger partial charge on any atom is -1.00 e. The molecule has 0 unspecified atom stereocenters. The molecule has 3 rings (SSSR count). The third-order valence-corrected chi connectivity index (χ3v) is 3.87. The molecule has 0 atom stereocenters. The summed E-state index contributed by atoms with van der Waals surface area (Å²) in [6.45, 7) is 5.00. The maximum absolute atomic E-state index is 12.1. The number of aromatic nitrogens is 3. The molecule has 0 bridgehead atoms. The van der Waals surface area contributed by atoms with Crippen LogP contribution in [0, 0.1) is 6.92 Å². The molecule has 0 aliphatic heterocycles. The Morgan fingerprint density at radius 2 is 2.09 bits per heavy atom. The van der Waals surface area contributed by atoms with Crippen molar-refractivity contribution in [3.8, 4) is 0 Å². The summed E-state index contributed by atoms with van der Waals surface area (Å²) < 4.78 is 9.13. The van der Waals surface area contributed by atoms with Crippen molar-refractivity contribution in [1.82, 2.24) is 9.38 Å². The molecular weight excluding hydrogens is 302 g/mol. The highest BCUT2D eigenvalue weighted by atomic mass is 35.5. The summed E-state index contributed by atoms with van der Waals surface area (Å²) >= 11 is 0. The molecule has 5 nitrogen and oxygen atoms in total. The number of unbranched alkanes of at least 4 members (excludes halogenated alkanes) is 1. The molecule has 22 heavy (non-hydrogen) atoms. The number of para-hydroxylation sites is 2. The van der Waals surface area contributed by atoms with E-state index in [1.807, 2.05) is 29.5 Å². The van der Waals surface area contributed by atoms with Crippen LogP contribution in [0.25, 0.3) is 16.8 Å². The first-order valence-electron chi connectivity index (χ1n) is 7.29. The van der Waals surface area contributed by atoms with Crippen molar-refractivity contribution >= 4 is 22.8 Å². The molecule has 0 amide bonds. The Balaban J connectivity index is 0.00000176. The normalized spacial score (nSPS) is 10.9. The number of aromatic amines is 1. The standard InChI is InChI=1S/C16H19N3O2.ClH/c1-4-5-10-18-12-8-6-7-9-13(12)19-14(15(20)21-3)11(2)17-16(18)19;/h6-9H,4-5,10H2,1-3H3;1H. The van der Waals surface area contributed by atoms with Crippen LogP contribution in [0.5, 0.6) is 0 Å². The second kappa shape index (κ2) is 6.40. The van der Waals surface area contributed by atoms with Gasteiger partial charge in [0.25, 0.3) is 0 Å². The topological polar surface area (TPSA) is 50.4 Å². The number of methoxy groups -OCH3 is 1. The highest BCUT2D eigenvalue weighted by molar-refractivity contribution is 5.92. The van der Waals surface area contributed by atoms with Crippen LogP contribution in [-0.2, 0) is 11.3 Å². The molecule has 1 N–H and O–H groups in total. The molecule has 0 spiro atoms. The van der Waals surface area contributed by atoms with Gasteiger partial charge in [-0.25, -0.2) is 14.3 Å². The molecule has 118 valence electrons. The number of benzene rings is 1. The van der Waals surface area contributed by atoms with Gasteiger partial charge in [0.1, 0.15) is 16.7 Å². The van der Waals surface area contributed by atoms with Gasteiger partial charge in [0.05, 0.1) is 13.7 Å². The molecular formula is C16H20ClN3O2. The number of halogens is 1. The lowest BCUT2D eigenvalue weighted by atomic mass is 10.3. The summed E-state index contributed by atoms with van der Waals surface area (Å²) in [4.78, 5) is 15.4. The van der Waals surface area contributed by atoms with Crippen LogP contribution in [-0.4, -0.2) is 22.5 Å². The number of imidazole rings is 2. The van der Waals surface area contributed by atoms with Crippen molar-refractivity contribution in [2.45, 2.75) is 33.2 Å². The zero-order chi connectivity index (χ0) is 15.0. The van der Waals surface area contributed by atoms with Crippen LogP contribution in [0.4, 0.5) is 0 Å². The average Bonchev–Trinajstić information content (AvgIpc) is 2.98. The van der Waals surface area contributed by atoms with Crippen LogP contribution < -0.4 is 17.0 Å². The summed E-state index contributed by atoms with van der Waals surface area (Å²) in [6, 6.07) is 8.13. The number of hydrogen-bond acceptors (Lipinski definition) is 2. The molecule has 1 aromatic carbocycles. The third-order valence-electron chi connectivity index (χ3n) is 3.87.